The second-order valence-corrected chi connectivity index (χ2v) is 16.4. The molecule has 0 saturated carbocycles. The van der Waals surface area contributed by atoms with E-state index in [1.807, 2.05) is 42.5 Å². The summed E-state index contributed by atoms with van der Waals surface area (Å²) >= 11 is 0. The Morgan fingerprint density at radius 3 is 2.57 bits per heavy atom. The molecule has 12 heteroatoms. The number of aliphatic hydroxyl groups is 3. The number of hydrogen-bond donors (Lipinski definition) is 7. The molecule has 1 aliphatic rings. The molecule has 4 aromatic rings. The van der Waals surface area contributed by atoms with Gasteiger partial charge in [-0.1, -0.05) is 58.3 Å². The third kappa shape index (κ3) is 11.3. The Morgan fingerprint density at radius 2 is 1.80 bits per heavy atom. The van der Waals surface area contributed by atoms with Crippen LogP contribution < -0.4 is 15.4 Å². The van der Waals surface area contributed by atoms with E-state index >= 15 is 0 Å². The van der Waals surface area contributed by atoms with E-state index in [0.717, 1.165) is 69.3 Å². The number of fused-ring (bicyclic) bond motifs is 5. The number of carbonyl (C=O) groups is 1. The van der Waals surface area contributed by atoms with Gasteiger partial charge in [-0.15, -0.1) is 0 Å². The van der Waals surface area contributed by atoms with Crippen molar-refractivity contribution >= 4 is 43.8 Å². The first-order valence-corrected chi connectivity index (χ1v) is 21.3. The maximum atomic E-state index is 13.9. The Bertz CT molecular complexity index is 1840. The molecule has 54 heavy (non-hydrogen) atoms. The first-order chi connectivity index (χ1) is 26.2. The first-order valence-electron chi connectivity index (χ1n) is 18.8. The van der Waals surface area contributed by atoms with Crippen LogP contribution in [0.3, 0.4) is 0 Å². The van der Waals surface area contributed by atoms with Crippen molar-refractivity contribution in [1.29, 1.82) is 0 Å². The number of unbranched alkanes of at least 4 members (excludes halogenated alkanes) is 1. The number of rotatable bonds is 13. The van der Waals surface area contributed by atoms with E-state index in [-0.39, 0.29) is 49.4 Å². The molecular formula is C42H54N2O8S2. The fraction of sp³-hybridized carbons (Fsp3) is 0.452. The second-order valence-electron chi connectivity index (χ2n) is 13.8. The van der Waals surface area contributed by atoms with E-state index in [9.17, 15) is 30.3 Å². The molecule has 10 nitrogen and oxygen atoms in total. The summed E-state index contributed by atoms with van der Waals surface area (Å²) in [7, 11) is 5.08. The molecule has 3 atom stereocenters. The monoisotopic (exact) mass is 778 g/mol. The van der Waals surface area contributed by atoms with Crippen molar-refractivity contribution in [2.45, 2.75) is 89.1 Å². The summed E-state index contributed by atoms with van der Waals surface area (Å²) in [6.07, 6.45) is 3.36. The van der Waals surface area contributed by atoms with Gasteiger partial charge in [-0.2, -0.15) is 0 Å². The smallest absolute Gasteiger partial charge is 0.168 e. The van der Waals surface area contributed by atoms with Gasteiger partial charge in [0.2, 0.25) is 0 Å². The molecule has 0 spiro atoms. The number of aromatic hydroxyl groups is 2. The Kier molecular flexibility index (Phi) is 16.2. The number of ether oxygens (including phenoxy) is 2. The number of Topliss-reactive ketones (excluding diaryl/α,β-unsaturated/α-hetero) is 1. The molecule has 0 radical (unpaired) electrons. The lowest BCUT2D eigenvalue weighted by molar-refractivity contribution is -0.124. The highest BCUT2D eigenvalue weighted by atomic mass is 33.1. The van der Waals surface area contributed by atoms with Crippen LogP contribution in [0.15, 0.2) is 60.7 Å². The zero-order chi connectivity index (χ0) is 38.5. The zero-order valence-electron chi connectivity index (χ0n) is 31.2. The molecule has 0 aromatic heterocycles. The second kappa shape index (κ2) is 21.0. The Labute approximate surface area is 326 Å². The third-order valence-electron chi connectivity index (χ3n) is 9.67. The number of methoxy groups -OCH3 is 1. The van der Waals surface area contributed by atoms with Crippen LogP contribution in [0.1, 0.15) is 80.4 Å². The van der Waals surface area contributed by atoms with Crippen LogP contribution in [0.4, 0.5) is 5.69 Å². The lowest BCUT2D eigenvalue weighted by Gasteiger charge is -2.27. The van der Waals surface area contributed by atoms with E-state index < -0.39 is 12.3 Å². The number of phenolic OH excluding ortho intramolecular Hbond substituents is 2. The normalized spacial score (nSPS) is 17.1. The lowest BCUT2D eigenvalue weighted by atomic mass is 9.89. The highest BCUT2D eigenvalue weighted by molar-refractivity contribution is 8.76. The quantitative estimate of drug-likeness (QED) is 0.0405. The summed E-state index contributed by atoms with van der Waals surface area (Å²) in [6, 6.07) is 18.6. The van der Waals surface area contributed by atoms with Crippen LogP contribution in [-0.2, 0) is 28.3 Å². The number of ketones is 1. The standard InChI is InChI=1S/C42H54N2O8S2/c1-27(47)24-44-38-16-11-30(21-31(38)25-46)42(43-18-4-5-19-45)52-34-7-3-6-20-53-54-26-37-35(15-10-28-8-13-33(49)23-36(28)37)40-29(9-14-32(48)22-34)12-17-39(50)41(40)51-2/h8,10-13,15-17,21,23,27,34,42-47,49-50H,3-7,9,14,18-20,22,24-26H2,1-2H3/t27-,34+,42-/m0/s1. The Morgan fingerprint density at radius 1 is 0.963 bits per heavy atom. The number of carbonyl (C=O) groups excluding carboxylic acids is 1. The highest BCUT2D eigenvalue weighted by Crippen LogP contribution is 2.45. The molecule has 4 aromatic carbocycles. The molecular weight excluding hydrogens is 725 g/mol. The van der Waals surface area contributed by atoms with E-state index in [1.165, 1.54) is 7.11 Å². The van der Waals surface area contributed by atoms with Crippen molar-refractivity contribution < 1.29 is 39.8 Å². The average molecular weight is 779 g/mol. The van der Waals surface area contributed by atoms with Gasteiger partial charge in [0, 0.05) is 54.3 Å². The molecule has 0 aliphatic carbocycles. The predicted octanol–water partition coefficient (Wildman–Crippen LogP) is 7.61. The number of benzene rings is 4. The molecule has 5 rings (SSSR count). The minimum absolute atomic E-state index is 0.0167. The topological polar surface area (TPSA) is 161 Å². The van der Waals surface area contributed by atoms with Gasteiger partial charge >= 0.3 is 0 Å². The summed E-state index contributed by atoms with van der Waals surface area (Å²) < 4.78 is 12.6. The molecule has 1 aliphatic heterocycles. The molecule has 0 bridgehead atoms. The molecule has 0 unspecified atom stereocenters. The summed E-state index contributed by atoms with van der Waals surface area (Å²) in [5.41, 5.74) is 5.78. The van der Waals surface area contributed by atoms with Crippen molar-refractivity contribution in [3.8, 4) is 28.4 Å². The number of hydrogen-bond acceptors (Lipinski definition) is 12. The largest absolute Gasteiger partial charge is 0.508 e. The van der Waals surface area contributed by atoms with E-state index in [2.05, 4.69) is 10.6 Å². The minimum atomic E-state index is -0.549. The lowest BCUT2D eigenvalue weighted by Crippen LogP contribution is -2.31. The number of aliphatic hydroxyl groups excluding tert-OH is 3. The number of aryl methyl sites for hydroxylation is 1. The SMILES string of the molecule is COc1c(O)ccc2c1-c1ccc3ccc(O)cc3c1CSSCCCC[C@@H](O[C@H](NCCCCO)c1ccc(NC[C@H](C)O)c(CO)c1)CC(=O)CC2. The number of anilines is 1. The molecule has 292 valence electrons. The molecule has 7 N–H and O–H groups in total. The van der Waals surface area contributed by atoms with Crippen molar-refractivity contribution in [3.63, 3.8) is 0 Å². The van der Waals surface area contributed by atoms with E-state index in [1.54, 1.807) is 46.7 Å². The summed E-state index contributed by atoms with van der Waals surface area (Å²) in [5, 5.41) is 59.4. The summed E-state index contributed by atoms with van der Waals surface area (Å²) in [4.78, 5) is 13.9. The van der Waals surface area contributed by atoms with E-state index in [4.69, 9.17) is 9.47 Å². The fourth-order valence-corrected chi connectivity index (χ4v) is 9.13. The van der Waals surface area contributed by atoms with Crippen LogP contribution in [0.25, 0.3) is 21.9 Å². The number of phenols is 2. The van der Waals surface area contributed by atoms with Crippen LogP contribution >= 0.6 is 21.6 Å². The maximum absolute atomic E-state index is 13.9. The Hall–Kier alpha value is -3.49. The summed E-state index contributed by atoms with van der Waals surface area (Å²) in [6.45, 7) is 2.54. The fourth-order valence-electron chi connectivity index (χ4n) is 6.87. The van der Waals surface area contributed by atoms with Crippen molar-refractivity contribution in [3.05, 3.63) is 82.9 Å². The van der Waals surface area contributed by atoms with Crippen LogP contribution in [0.5, 0.6) is 17.2 Å². The van der Waals surface area contributed by atoms with Crippen molar-refractivity contribution in [1.82, 2.24) is 5.32 Å². The molecule has 0 fully saturated rings. The third-order valence-corrected chi connectivity index (χ3v) is 12.0. The maximum Gasteiger partial charge on any atom is 0.168 e. The van der Waals surface area contributed by atoms with Gasteiger partial charge in [-0.05, 0) is 109 Å². The van der Waals surface area contributed by atoms with E-state index in [0.29, 0.717) is 49.4 Å². The van der Waals surface area contributed by atoms with Crippen LogP contribution in [-0.4, -0.2) is 76.1 Å². The van der Waals surface area contributed by atoms with Crippen LogP contribution in [0, 0.1) is 0 Å². The van der Waals surface area contributed by atoms with Gasteiger partial charge in [-0.25, -0.2) is 0 Å². The predicted molar refractivity (Wildman–Crippen MR) is 219 cm³/mol. The molecule has 0 saturated heterocycles. The molecule has 0 amide bonds. The first kappa shape index (κ1) is 41.7. The Balaban J connectivity index is 1.44. The average Bonchev–Trinajstić information content (AvgIpc) is 3.16. The minimum Gasteiger partial charge on any atom is -0.508 e. The van der Waals surface area contributed by atoms with Crippen molar-refractivity contribution in [2.75, 3.05) is 37.9 Å². The number of nitrogens with one attached hydrogen (secondary N) is 2. The van der Waals surface area contributed by atoms with Gasteiger partial charge in [0.1, 0.15) is 17.8 Å². The highest BCUT2D eigenvalue weighted by Gasteiger charge is 2.25. The van der Waals surface area contributed by atoms with Gasteiger partial charge < -0.3 is 40.3 Å². The van der Waals surface area contributed by atoms with Gasteiger partial charge in [0.25, 0.3) is 0 Å². The summed E-state index contributed by atoms with van der Waals surface area (Å²) in [5.74, 6) is 2.18. The van der Waals surface area contributed by atoms with Crippen LogP contribution in [0.2, 0.25) is 0 Å². The van der Waals surface area contributed by atoms with Gasteiger partial charge in [-0.3, -0.25) is 10.1 Å². The molecule has 1 heterocycles. The van der Waals surface area contributed by atoms with Gasteiger partial charge in [0.15, 0.2) is 11.5 Å². The van der Waals surface area contributed by atoms with Crippen molar-refractivity contribution in [2.24, 2.45) is 0 Å². The van der Waals surface area contributed by atoms with Gasteiger partial charge in [0.05, 0.1) is 25.9 Å². The zero-order valence-corrected chi connectivity index (χ0v) is 32.8.